The van der Waals surface area contributed by atoms with E-state index in [0.29, 0.717) is 19.7 Å². The fourth-order valence-electron chi connectivity index (χ4n) is 3.79. The summed E-state index contributed by atoms with van der Waals surface area (Å²) in [5.74, 6) is 0.264. The quantitative estimate of drug-likeness (QED) is 0.796. The highest BCUT2D eigenvalue weighted by atomic mass is 32.2. The summed E-state index contributed by atoms with van der Waals surface area (Å²) in [7, 11) is -1.46. The first kappa shape index (κ1) is 17.1. The van der Waals surface area contributed by atoms with Gasteiger partial charge in [-0.25, -0.2) is 12.7 Å². The Morgan fingerprint density at radius 2 is 2.04 bits per heavy atom. The monoisotopic (exact) mass is 360 g/mol. The van der Waals surface area contributed by atoms with E-state index in [1.165, 1.54) is 6.26 Å². The minimum atomic E-state index is -3.15. The average molecular weight is 361 g/mol. The van der Waals surface area contributed by atoms with Gasteiger partial charge in [0.05, 0.1) is 12.9 Å². The first-order chi connectivity index (χ1) is 10.8. The van der Waals surface area contributed by atoms with E-state index >= 15 is 0 Å². The topological polar surface area (TPSA) is 75.6 Å². The molecule has 23 heavy (non-hydrogen) atoms. The molecule has 1 aromatic rings. The smallest absolute Gasteiger partial charge is 0.211 e. The summed E-state index contributed by atoms with van der Waals surface area (Å²) in [6.07, 6.45) is 3.23. The van der Waals surface area contributed by atoms with Gasteiger partial charge >= 0.3 is 0 Å². The van der Waals surface area contributed by atoms with E-state index < -0.39 is 10.0 Å². The van der Waals surface area contributed by atoms with Gasteiger partial charge in [-0.2, -0.15) is 0 Å². The number of hydrogen-bond donors (Lipinski definition) is 0. The van der Waals surface area contributed by atoms with Crippen LogP contribution in [0.5, 0.6) is 0 Å². The molecule has 1 atom stereocenters. The molecule has 1 spiro atoms. The molecule has 1 aromatic heterocycles. The molecule has 0 bridgehead atoms. The summed E-state index contributed by atoms with van der Waals surface area (Å²) >= 11 is 1.61. The fourth-order valence-corrected chi connectivity index (χ4v) is 5.47. The Balaban J connectivity index is 1.74. The van der Waals surface area contributed by atoms with E-state index in [0.717, 1.165) is 36.1 Å². The Bertz CT molecular complexity index is 653. The van der Waals surface area contributed by atoms with Crippen molar-refractivity contribution in [1.82, 2.24) is 14.5 Å². The lowest BCUT2D eigenvalue weighted by molar-refractivity contribution is 0.0764. The maximum absolute atomic E-state index is 12.0. The van der Waals surface area contributed by atoms with Crippen LogP contribution in [0.1, 0.15) is 17.8 Å². The lowest BCUT2D eigenvalue weighted by Crippen LogP contribution is -2.45. The van der Waals surface area contributed by atoms with Crippen LogP contribution in [0.25, 0.3) is 0 Å². The van der Waals surface area contributed by atoms with Crippen molar-refractivity contribution in [3.8, 4) is 0 Å². The van der Waals surface area contributed by atoms with Gasteiger partial charge < -0.3 is 9.64 Å². The maximum atomic E-state index is 12.0. The molecule has 0 radical (unpaired) electrons. The Hall–Kier alpha value is -0.770. The molecule has 0 aliphatic carbocycles. The highest BCUT2D eigenvalue weighted by Crippen LogP contribution is 2.46. The number of aromatic nitrogens is 2. The number of anilines is 1. The van der Waals surface area contributed by atoms with E-state index in [1.54, 1.807) is 22.8 Å². The van der Waals surface area contributed by atoms with Gasteiger partial charge in [0.25, 0.3) is 0 Å². The second-order valence-electron chi connectivity index (χ2n) is 6.66. The van der Waals surface area contributed by atoms with Crippen LogP contribution in [0.3, 0.4) is 0 Å². The van der Waals surface area contributed by atoms with Crippen molar-refractivity contribution >= 4 is 26.5 Å². The zero-order valence-corrected chi connectivity index (χ0v) is 15.5. The predicted octanol–water partition coefficient (Wildman–Crippen LogP) is 0.971. The van der Waals surface area contributed by atoms with E-state index in [2.05, 4.69) is 15.1 Å². The molecule has 0 N–H and O–H groups in total. The van der Waals surface area contributed by atoms with Crippen LogP contribution in [0, 0.1) is 18.3 Å². The molecule has 130 valence electrons. The van der Waals surface area contributed by atoms with Crippen LogP contribution >= 0.6 is 11.3 Å². The van der Waals surface area contributed by atoms with Crippen molar-refractivity contribution in [2.45, 2.75) is 19.8 Å². The Labute approximate surface area is 141 Å². The van der Waals surface area contributed by atoms with Gasteiger partial charge in [0.1, 0.15) is 5.01 Å². The molecule has 2 aliphatic heterocycles. The van der Waals surface area contributed by atoms with Crippen LogP contribution < -0.4 is 4.90 Å². The molecule has 2 fully saturated rings. The maximum Gasteiger partial charge on any atom is 0.211 e. The molecule has 0 amide bonds. The molecule has 9 heteroatoms. The number of nitrogens with zero attached hydrogens (tertiary/aromatic N) is 4. The van der Waals surface area contributed by atoms with Crippen LogP contribution in [-0.2, 0) is 14.8 Å². The molecule has 0 unspecified atom stereocenters. The van der Waals surface area contributed by atoms with Crippen LogP contribution in [0.15, 0.2) is 0 Å². The van der Waals surface area contributed by atoms with Gasteiger partial charge in [0.15, 0.2) is 0 Å². The fraction of sp³-hybridized carbons (Fsp3) is 0.857. The van der Waals surface area contributed by atoms with Crippen molar-refractivity contribution in [2.75, 3.05) is 51.1 Å². The van der Waals surface area contributed by atoms with Crippen molar-refractivity contribution in [3.05, 3.63) is 5.01 Å². The zero-order valence-electron chi connectivity index (χ0n) is 13.9. The van der Waals surface area contributed by atoms with Crippen molar-refractivity contribution in [1.29, 1.82) is 0 Å². The van der Waals surface area contributed by atoms with Crippen LogP contribution in [-0.4, -0.2) is 69.1 Å². The predicted molar refractivity (Wildman–Crippen MR) is 90.3 cm³/mol. The number of hydrogen-bond acceptors (Lipinski definition) is 7. The van der Waals surface area contributed by atoms with Gasteiger partial charge in [-0.3, -0.25) is 0 Å². The second kappa shape index (κ2) is 6.27. The molecule has 2 aliphatic rings. The van der Waals surface area contributed by atoms with Gasteiger partial charge in [-0.15, -0.1) is 10.2 Å². The minimum absolute atomic E-state index is 0.0231. The first-order valence-corrected chi connectivity index (χ1v) is 10.5. The molecule has 7 nitrogen and oxygen atoms in total. The molecule has 0 aromatic carbocycles. The van der Waals surface area contributed by atoms with Crippen molar-refractivity contribution < 1.29 is 13.2 Å². The third kappa shape index (κ3) is 3.38. The highest BCUT2D eigenvalue weighted by Gasteiger charge is 2.50. The van der Waals surface area contributed by atoms with Crippen molar-refractivity contribution in [3.63, 3.8) is 0 Å². The van der Waals surface area contributed by atoms with E-state index in [9.17, 15) is 8.42 Å². The third-order valence-electron chi connectivity index (χ3n) is 5.16. The number of sulfonamides is 1. The molecular formula is C14H24N4O3S2. The summed E-state index contributed by atoms with van der Waals surface area (Å²) in [6.45, 7) is 5.55. The van der Waals surface area contributed by atoms with E-state index in [1.807, 2.05) is 6.92 Å². The largest absolute Gasteiger partial charge is 0.384 e. The zero-order chi connectivity index (χ0) is 16.7. The van der Waals surface area contributed by atoms with Gasteiger partial charge in [-0.05, 0) is 25.2 Å². The summed E-state index contributed by atoms with van der Waals surface area (Å²) in [6, 6.07) is 0. The number of methoxy groups -OCH3 is 1. The van der Waals surface area contributed by atoms with Gasteiger partial charge in [0.2, 0.25) is 15.2 Å². The summed E-state index contributed by atoms with van der Waals surface area (Å²) in [5.41, 5.74) is 0.0231. The third-order valence-corrected chi connectivity index (χ3v) is 7.28. The molecule has 2 saturated heterocycles. The molecule has 3 heterocycles. The first-order valence-electron chi connectivity index (χ1n) is 7.83. The average Bonchev–Trinajstić information content (AvgIpc) is 3.06. The van der Waals surface area contributed by atoms with Crippen LogP contribution in [0.4, 0.5) is 5.13 Å². The number of ether oxygens (including phenoxy) is 1. The Morgan fingerprint density at radius 3 is 2.57 bits per heavy atom. The lowest BCUT2D eigenvalue weighted by atomic mass is 9.71. The van der Waals surface area contributed by atoms with Crippen molar-refractivity contribution in [2.24, 2.45) is 11.3 Å². The number of aryl methyl sites for hydroxylation is 1. The summed E-state index contributed by atoms with van der Waals surface area (Å²) < 4.78 is 30.9. The normalized spacial score (nSPS) is 25.3. The van der Waals surface area contributed by atoms with Gasteiger partial charge in [-0.1, -0.05) is 11.3 Å². The Morgan fingerprint density at radius 1 is 1.35 bits per heavy atom. The minimum Gasteiger partial charge on any atom is -0.384 e. The van der Waals surface area contributed by atoms with Crippen LogP contribution in [0.2, 0.25) is 0 Å². The van der Waals surface area contributed by atoms with E-state index in [4.69, 9.17) is 4.74 Å². The summed E-state index contributed by atoms with van der Waals surface area (Å²) in [4.78, 5) is 2.27. The highest BCUT2D eigenvalue weighted by molar-refractivity contribution is 7.88. The van der Waals surface area contributed by atoms with Gasteiger partial charge in [0, 0.05) is 39.2 Å². The standard InChI is InChI=1S/C14H24N4O3S2/c1-11-15-16-13(22-11)17-6-4-14(5-7-17)10-18(23(3,19)20)8-12(14)9-21-2/h12H,4-10H2,1-3H3/t12-/m0/s1. The second-order valence-corrected chi connectivity index (χ2v) is 9.80. The number of rotatable bonds is 4. The lowest BCUT2D eigenvalue weighted by Gasteiger charge is -2.42. The number of piperidine rings is 1. The molecular weight excluding hydrogens is 336 g/mol. The SMILES string of the molecule is COC[C@@H]1CN(S(C)(=O)=O)CC12CCN(c1nnc(C)s1)CC2. The molecule has 0 saturated carbocycles. The Kier molecular flexibility index (Phi) is 4.65. The summed E-state index contributed by atoms with van der Waals surface area (Å²) in [5, 5.41) is 10.3. The van der Waals surface area contributed by atoms with E-state index in [-0.39, 0.29) is 11.3 Å². The molecule has 3 rings (SSSR count).